The smallest absolute Gasteiger partial charge is 0.227 e. The minimum atomic E-state index is 0.487. The lowest BCUT2D eigenvalue weighted by Crippen LogP contribution is -2.24. The van der Waals surface area contributed by atoms with Crippen molar-refractivity contribution in [2.24, 2.45) is 0 Å². The maximum Gasteiger partial charge on any atom is 0.227 e. The Hall–Kier alpha value is -2.21. The van der Waals surface area contributed by atoms with Gasteiger partial charge in [-0.3, -0.25) is 0 Å². The minimum absolute atomic E-state index is 0.487. The summed E-state index contributed by atoms with van der Waals surface area (Å²) >= 11 is 6.12. The molecule has 1 aromatic heterocycles. The van der Waals surface area contributed by atoms with Crippen molar-refractivity contribution in [1.82, 2.24) is 9.97 Å². The molecule has 0 saturated heterocycles. The highest BCUT2D eigenvalue weighted by molar-refractivity contribution is 6.32. The Morgan fingerprint density at radius 1 is 1.13 bits per heavy atom. The van der Waals surface area contributed by atoms with Gasteiger partial charge in [0.2, 0.25) is 5.95 Å². The van der Waals surface area contributed by atoms with Crippen molar-refractivity contribution < 1.29 is 9.47 Å². The van der Waals surface area contributed by atoms with E-state index in [1.165, 1.54) is 0 Å². The molecule has 0 fully saturated rings. The number of methoxy groups -OCH3 is 2. The predicted molar refractivity (Wildman–Crippen MR) is 93.4 cm³/mol. The molecule has 2 rings (SSSR count). The van der Waals surface area contributed by atoms with Crippen LogP contribution in [0.4, 0.5) is 17.5 Å². The minimum Gasteiger partial charge on any atom is -0.495 e. The second kappa shape index (κ2) is 7.87. The average Bonchev–Trinajstić information content (AvgIpc) is 2.57. The Bertz CT molecular complexity index is 663. The number of nitrogens with one attached hydrogen (secondary N) is 1. The molecule has 0 saturated carbocycles. The van der Waals surface area contributed by atoms with Crippen molar-refractivity contribution in [3.8, 4) is 11.5 Å². The fraction of sp³-hybridized carbons (Fsp3) is 0.375. The number of anilines is 3. The Balaban J connectivity index is 2.33. The van der Waals surface area contributed by atoms with Gasteiger partial charge in [0.15, 0.2) is 0 Å². The summed E-state index contributed by atoms with van der Waals surface area (Å²) in [6.07, 6.45) is 1.72. The summed E-state index contributed by atoms with van der Waals surface area (Å²) in [6, 6.07) is 5.28. The third-order valence-corrected chi connectivity index (χ3v) is 3.72. The van der Waals surface area contributed by atoms with Crippen molar-refractivity contribution in [3.05, 3.63) is 29.4 Å². The number of rotatable bonds is 7. The number of hydrogen-bond acceptors (Lipinski definition) is 6. The Morgan fingerprint density at radius 2 is 1.83 bits per heavy atom. The van der Waals surface area contributed by atoms with E-state index >= 15 is 0 Å². The topological polar surface area (TPSA) is 59.5 Å². The summed E-state index contributed by atoms with van der Waals surface area (Å²) in [5, 5.41) is 3.71. The molecule has 6 nitrogen and oxygen atoms in total. The lowest BCUT2D eigenvalue weighted by molar-refractivity contribution is 0.405. The quantitative estimate of drug-likeness (QED) is 0.831. The van der Waals surface area contributed by atoms with E-state index in [2.05, 4.69) is 34.0 Å². The highest BCUT2D eigenvalue weighted by Gasteiger charge is 2.12. The molecular formula is C16H21ClN4O2. The molecule has 0 atom stereocenters. The first-order chi connectivity index (χ1) is 11.1. The van der Waals surface area contributed by atoms with Crippen LogP contribution < -0.4 is 19.7 Å². The molecule has 0 spiro atoms. The zero-order valence-corrected chi connectivity index (χ0v) is 14.5. The number of hydrogen-bond donors (Lipinski definition) is 1. The molecule has 0 bridgehead atoms. The number of benzene rings is 1. The Kier molecular flexibility index (Phi) is 5.87. The van der Waals surface area contributed by atoms with Crippen LogP contribution >= 0.6 is 11.6 Å². The van der Waals surface area contributed by atoms with E-state index < -0.39 is 0 Å². The van der Waals surface area contributed by atoms with Crippen LogP contribution in [0.5, 0.6) is 11.5 Å². The van der Waals surface area contributed by atoms with Crippen molar-refractivity contribution >= 4 is 29.1 Å². The SMILES string of the molecule is CCN(CC)c1nccc(Nc2cc(OC)c(Cl)cc2OC)n1. The molecule has 0 aliphatic heterocycles. The lowest BCUT2D eigenvalue weighted by atomic mass is 10.2. The number of ether oxygens (including phenoxy) is 2. The monoisotopic (exact) mass is 336 g/mol. The molecule has 0 amide bonds. The van der Waals surface area contributed by atoms with Crippen molar-refractivity contribution in [1.29, 1.82) is 0 Å². The molecule has 1 heterocycles. The molecule has 7 heteroatoms. The van der Waals surface area contributed by atoms with E-state index in [-0.39, 0.29) is 0 Å². The maximum absolute atomic E-state index is 6.12. The largest absolute Gasteiger partial charge is 0.495 e. The molecule has 124 valence electrons. The van der Waals surface area contributed by atoms with Crippen molar-refractivity contribution in [3.63, 3.8) is 0 Å². The van der Waals surface area contributed by atoms with Gasteiger partial charge in [0, 0.05) is 31.4 Å². The van der Waals surface area contributed by atoms with Crippen LogP contribution in [0.2, 0.25) is 5.02 Å². The van der Waals surface area contributed by atoms with Gasteiger partial charge in [-0.25, -0.2) is 4.98 Å². The summed E-state index contributed by atoms with van der Waals surface area (Å²) in [6.45, 7) is 5.83. The lowest BCUT2D eigenvalue weighted by Gasteiger charge is -2.19. The second-order valence-corrected chi connectivity index (χ2v) is 5.13. The van der Waals surface area contributed by atoms with E-state index in [4.69, 9.17) is 21.1 Å². The second-order valence-electron chi connectivity index (χ2n) is 4.73. The third-order valence-electron chi connectivity index (χ3n) is 3.43. The summed E-state index contributed by atoms with van der Waals surface area (Å²) in [7, 11) is 3.16. The van der Waals surface area contributed by atoms with Crippen LogP contribution in [-0.4, -0.2) is 37.3 Å². The molecular weight excluding hydrogens is 316 g/mol. The highest BCUT2D eigenvalue weighted by atomic mass is 35.5. The fourth-order valence-corrected chi connectivity index (χ4v) is 2.40. The summed E-state index contributed by atoms with van der Waals surface area (Å²) in [5.74, 6) is 2.52. The van der Waals surface area contributed by atoms with Gasteiger partial charge in [-0.15, -0.1) is 0 Å². The van der Waals surface area contributed by atoms with E-state index in [1.807, 2.05) is 0 Å². The summed E-state index contributed by atoms with van der Waals surface area (Å²) < 4.78 is 10.6. The fourth-order valence-electron chi connectivity index (χ4n) is 2.17. The van der Waals surface area contributed by atoms with Gasteiger partial charge < -0.3 is 19.7 Å². The predicted octanol–water partition coefficient (Wildman–Crippen LogP) is 3.74. The van der Waals surface area contributed by atoms with Crippen LogP contribution in [0.25, 0.3) is 0 Å². The number of halogens is 1. The van der Waals surface area contributed by atoms with Gasteiger partial charge in [-0.1, -0.05) is 11.6 Å². The van der Waals surface area contributed by atoms with E-state index in [1.54, 1.807) is 38.6 Å². The first kappa shape index (κ1) is 17.1. The zero-order chi connectivity index (χ0) is 16.8. The Labute approximate surface area is 141 Å². The Morgan fingerprint density at radius 3 is 2.43 bits per heavy atom. The van der Waals surface area contributed by atoms with Crippen LogP contribution in [0.15, 0.2) is 24.4 Å². The van der Waals surface area contributed by atoms with Crippen LogP contribution in [-0.2, 0) is 0 Å². The van der Waals surface area contributed by atoms with Gasteiger partial charge in [0.1, 0.15) is 17.3 Å². The maximum atomic E-state index is 6.12. The summed E-state index contributed by atoms with van der Waals surface area (Å²) in [4.78, 5) is 10.9. The first-order valence-electron chi connectivity index (χ1n) is 7.39. The third kappa shape index (κ3) is 3.96. The van der Waals surface area contributed by atoms with Crippen LogP contribution in [0.3, 0.4) is 0 Å². The average molecular weight is 337 g/mol. The zero-order valence-electron chi connectivity index (χ0n) is 13.8. The van der Waals surface area contributed by atoms with E-state index in [0.717, 1.165) is 18.8 Å². The normalized spacial score (nSPS) is 10.3. The standard InChI is InChI=1S/C16H21ClN4O2/c1-5-21(6-2)16-18-8-7-15(20-16)19-12-10-13(22-3)11(17)9-14(12)23-4/h7-10H,5-6H2,1-4H3,(H,18,19,20). The van der Waals surface area contributed by atoms with Gasteiger partial charge in [0.05, 0.1) is 24.9 Å². The molecule has 0 radical (unpaired) electrons. The molecule has 0 unspecified atom stereocenters. The highest BCUT2D eigenvalue weighted by Crippen LogP contribution is 2.37. The van der Waals surface area contributed by atoms with E-state index in [0.29, 0.717) is 28.3 Å². The van der Waals surface area contributed by atoms with Crippen molar-refractivity contribution in [2.75, 3.05) is 37.5 Å². The molecule has 1 aromatic carbocycles. The number of nitrogens with zero attached hydrogens (tertiary/aromatic N) is 3. The van der Waals surface area contributed by atoms with Gasteiger partial charge in [-0.2, -0.15) is 4.98 Å². The first-order valence-corrected chi connectivity index (χ1v) is 7.77. The molecule has 0 aliphatic rings. The van der Waals surface area contributed by atoms with Gasteiger partial charge >= 0.3 is 0 Å². The van der Waals surface area contributed by atoms with Crippen LogP contribution in [0, 0.1) is 0 Å². The molecule has 1 N–H and O–H groups in total. The molecule has 0 aliphatic carbocycles. The van der Waals surface area contributed by atoms with E-state index in [9.17, 15) is 0 Å². The molecule has 23 heavy (non-hydrogen) atoms. The van der Waals surface area contributed by atoms with Gasteiger partial charge in [0.25, 0.3) is 0 Å². The number of aromatic nitrogens is 2. The summed E-state index contributed by atoms with van der Waals surface area (Å²) in [5.41, 5.74) is 0.720. The van der Waals surface area contributed by atoms with Gasteiger partial charge in [-0.05, 0) is 19.9 Å². The van der Waals surface area contributed by atoms with Crippen LogP contribution in [0.1, 0.15) is 13.8 Å². The molecule has 2 aromatic rings. The van der Waals surface area contributed by atoms with Crippen molar-refractivity contribution in [2.45, 2.75) is 13.8 Å².